The first-order chi connectivity index (χ1) is 8.51. The van der Waals surface area contributed by atoms with Crippen molar-refractivity contribution in [1.29, 1.82) is 0 Å². The van der Waals surface area contributed by atoms with E-state index < -0.39 is 10.0 Å². The molecular weight excluding hydrogens is 254 g/mol. The lowest BCUT2D eigenvalue weighted by Gasteiger charge is -2.06. The average molecular weight is 267 g/mol. The maximum absolute atomic E-state index is 12.0. The van der Waals surface area contributed by atoms with Gasteiger partial charge in [-0.3, -0.25) is 15.2 Å². The molecule has 0 bridgehead atoms. The molecule has 1 heterocycles. The van der Waals surface area contributed by atoms with E-state index in [-0.39, 0.29) is 4.90 Å². The van der Waals surface area contributed by atoms with Crippen molar-refractivity contribution >= 4 is 21.4 Å². The van der Waals surface area contributed by atoms with Crippen molar-refractivity contribution < 1.29 is 8.42 Å². The standard InChI is InChI=1S/C10H13N5O2S/c1-15-7-9(6-12-15)14-18(16,17)10-4-2-8(13-11)3-5-10/h2-7,13-14H,11H2,1H3. The van der Waals surface area contributed by atoms with Crippen LogP contribution in [0.25, 0.3) is 0 Å². The molecule has 0 atom stereocenters. The molecule has 0 aliphatic heterocycles. The van der Waals surface area contributed by atoms with Crippen molar-refractivity contribution in [3.8, 4) is 0 Å². The van der Waals surface area contributed by atoms with Crippen LogP contribution in [0.1, 0.15) is 0 Å². The Kier molecular flexibility index (Phi) is 3.21. The highest BCUT2D eigenvalue weighted by atomic mass is 32.2. The van der Waals surface area contributed by atoms with Crippen molar-refractivity contribution in [3.05, 3.63) is 36.7 Å². The number of nitrogens with one attached hydrogen (secondary N) is 2. The van der Waals surface area contributed by atoms with Gasteiger partial charge in [0.25, 0.3) is 10.0 Å². The zero-order valence-corrected chi connectivity index (χ0v) is 10.5. The van der Waals surface area contributed by atoms with E-state index >= 15 is 0 Å². The fourth-order valence-electron chi connectivity index (χ4n) is 1.42. The van der Waals surface area contributed by atoms with E-state index in [1.54, 1.807) is 25.4 Å². The monoisotopic (exact) mass is 267 g/mol. The molecule has 0 fully saturated rings. The third-order valence-corrected chi connectivity index (χ3v) is 3.69. The fraction of sp³-hybridized carbons (Fsp3) is 0.100. The number of benzene rings is 1. The Morgan fingerprint density at radius 3 is 2.39 bits per heavy atom. The second-order valence-corrected chi connectivity index (χ2v) is 5.36. The molecule has 1 aromatic heterocycles. The topological polar surface area (TPSA) is 102 Å². The van der Waals surface area contributed by atoms with Crippen LogP contribution in [-0.4, -0.2) is 18.2 Å². The van der Waals surface area contributed by atoms with Crippen molar-refractivity contribution in [2.75, 3.05) is 10.1 Å². The Balaban J connectivity index is 2.24. The van der Waals surface area contributed by atoms with Crippen LogP contribution in [0, 0.1) is 0 Å². The van der Waals surface area contributed by atoms with Crippen LogP contribution in [0.2, 0.25) is 0 Å². The number of sulfonamides is 1. The van der Waals surface area contributed by atoms with Gasteiger partial charge in [-0.05, 0) is 24.3 Å². The molecule has 0 spiro atoms. The number of nitrogens with two attached hydrogens (primary N) is 1. The van der Waals surface area contributed by atoms with Gasteiger partial charge in [0.15, 0.2) is 0 Å². The molecule has 2 rings (SSSR count). The van der Waals surface area contributed by atoms with Crippen molar-refractivity contribution in [2.45, 2.75) is 4.90 Å². The third kappa shape index (κ3) is 2.60. The molecular formula is C10H13N5O2S. The van der Waals surface area contributed by atoms with Gasteiger partial charge < -0.3 is 5.43 Å². The van der Waals surface area contributed by atoms with Crippen LogP contribution >= 0.6 is 0 Å². The quantitative estimate of drug-likeness (QED) is 0.553. The molecule has 0 aliphatic carbocycles. The lowest BCUT2D eigenvalue weighted by atomic mass is 10.3. The largest absolute Gasteiger partial charge is 0.324 e. The number of nitrogens with zero attached hydrogens (tertiary/aromatic N) is 2. The number of hydrogen-bond acceptors (Lipinski definition) is 5. The number of anilines is 2. The first-order valence-electron chi connectivity index (χ1n) is 5.09. The summed E-state index contributed by atoms with van der Waals surface area (Å²) in [5.74, 6) is 5.21. The van der Waals surface area contributed by atoms with Crippen LogP contribution in [-0.2, 0) is 17.1 Å². The number of rotatable bonds is 4. The maximum Gasteiger partial charge on any atom is 0.261 e. The van der Waals surface area contributed by atoms with Crippen LogP contribution in [0.4, 0.5) is 11.4 Å². The summed E-state index contributed by atoms with van der Waals surface area (Å²) in [6.07, 6.45) is 3.01. The second kappa shape index (κ2) is 4.67. The van der Waals surface area contributed by atoms with Gasteiger partial charge in [-0.2, -0.15) is 5.10 Å². The predicted octanol–water partition coefficient (Wildman–Crippen LogP) is 0.506. The molecule has 7 nitrogen and oxygen atoms in total. The van der Waals surface area contributed by atoms with E-state index in [9.17, 15) is 8.42 Å². The zero-order chi connectivity index (χ0) is 13.2. The Labute approximate surface area is 105 Å². The van der Waals surface area contributed by atoms with Gasteiger partial charge in [0, 0.05) is 18.9 Å². The van der Waals surface area contributed by atoms with Gasteiger partial charge in [-0.15, -0.1) is 0 Å². The summed E-state index contributed by atoms with van der Waals surface area (Å²) in [6, 6.07) is 6.09. The maximum atomic E-state index is 12.0. The Hall–Kier alpha value is -2.06. The summed E-state index contributed by atoms with van der Waals surface area (Å²) >= 11 is 0. The van der Waals surface area contributed by atoms with Gasteiger partial charge in [0.2, 0.25) is 0 Å². The summed E-state index contributed by atoms with van der Waals surface area (Å²) in [5.41, 5.74) is 3.48. The van der Waals surface area contributed by atoms with E-state index in [4.69, 9.17) is 5.84 Å². The summed E-state index contributed by atoms with van der Waals surface area (Å²) in [4.78, 5) is 0.158. The fourth-order valence-corrected chi connectivity index (χ4v) is 2.45. The van der Waals surface area contributed by atoms with Gasteiger partial charge in [-0.25, -0.2) is 8.42 Å². The molecule has 0 aliphatic rings. The number of hydrogen-bond donors (Lipinski definition) is 3. The lowest BCUT2D eigenvalue weighted by molar-refractivity contribution is 0.601. The van der Waals surface area contributed by atoms with Gasteiger partial charge in [0.05, 0.1) is 16.8 Å². The van der Waals surface area contributed by atoms with Crippen molar-refractivity contribution in [2.24, 2.45) is 12.9 Å². The van der Waals surface area contributed by atoms with Crippen LogP contribution in [0.15, 0.2) is 41.6 Å². The third-order valence-electron chi connectivity index (χ3n) is 2.29. The molecule has 18 heavy (non-hydrogen) atoms. The minimum absolute atomic E-state index is 0.158. The van der Waals surface area contributed by atoms with E-state index in [1.165, 1.54) is 23.0 Å². The number of nitrogen functional groups attached to an aromatic ring is 1. The number of aryl methyl sites for hydroxylation is 1. The molecule has 96 valence electrons. The minimum atomic E-state index is -3.60. The van der Waals surface area contributed by atoms with E-state index in [0.717, 1.165) is 0 Å². The highest BCUT2D eigenvalue weighted by Gasteiger charge is 2.14. The minimum Gasteiger partial charge on any atom is -0.324 e. The first-order valence-corrected chi connectivity index (χ1v) is 6.58. The Morgan fingerprint density at radius 1 is 1.22 bits per heavy atom. The molecule has 0 saturated heterocycles. The summed E-state index contributed by atoms with van der Waals surface area (Å²) in [5, 5.41) is 3.89. The van der Waals surface area contributed by atoms with Crippen LogP contribution < -0.4 is 16.0 Å². The van der Waals surface area contributed by atoms with Gasteiger partial charge in [-0.1, -0.05) is 0 Å². The number of hydrazine groups is 1. The average Bonchev–Trinajstić information content (AvgIpc) is 2.74. The molecule has 0 unspecified atom stereocenters. The second-order valence-electron chi connectivity index (χ2n) is 3.68. The smallest absolute Gasteiger partial charge is 0.261 e. The lowest BCUT2D eigenvalue weighted by Crippen LogP contribution is -2.13. The normalized spacial score (nSPS) is 11.2. The predicted molar refractivity (Wildman–Crippen MR) is 68.3 cm³/mol. The summed E-state index contributed by atoms with van der Waals surface area (Å²) in [6.45, 7) is 0. The SMILES string of the molecule is Cn1cc(NS(=O)(=O)c2ccc(NN)cc2)cn1. The molecule has 8 heteroatoms. The van der Waals surface area contributed by atoms with E-state index in [0.29, 0.717) is 11.4 Å². The van der Waals surface area contributed by atoms with Crippen molar-refractivity contribution in [1.82, 2.24) is 9.78 Å². The first kappa shape index (κ1) is 12.4. The molecule has 2 aromatic rings. The van der Waals surface area contributed by atoms with E-state index in [2.05, 4.69) is 15.2 Å². The van der Waals surface area contributed by atoms with Gasteiger partial charge >= 0.3 is 0 Å². The molecule has 4 N–H and O–H groups in total. The highest BCUT2D eigenvalue weighted by Crippen LogP contribution is 2.17. The Bertz CT molecular complexity index is 633. The Morgan fingerprint density at radius 2 is 1.89 bits per heavy atom. The summed E-state index contributed by atoms with van der Waals surface area (Å²) < 4.78 is 28.0. The van der Waals surface area contributed by atoms with Crippen molar-refractivity contribution in [3.63, 3.8) is 0 Å². The van der Waals surface area contributed by atoms with Crippen LogP contribution in [0.5, 0.6) is 0 Å². The molecule has 0 radical (unpaired) electrons. The highest BCUT2D eigenvalue weighted by molar-refractivity contribution is 7.92. The van der Waals surface area contributed by atoms with Crippen LogP contribution in [0.3, 0.4) is 0 Å². The zero-order valence-electron chi connectivity index (χ0n) is 9.66. The van der Waals surface area contributed by atoms with E-state index in [1.807, 2.05) is 0 Å². The van der Waals surface area contributed by atoms with Gasteiger partial charge in [0.1, 0.15) is 0 Å². The summed E-state index contributed by atoms with van der Waals surface area (Å²) in [7, 11) is -1.89. The molecule has 0 amide bonds. The molecule has 0 saturated carbocycles. The molecule has 1 aromatic carbocycles. The number of aromatic nitrogens is 2.